The van der Waals surface area contributed by atoms with Crippen molar-refractivity contribution in [2.24, 2.45) is 5.10 Å². The molecule has 0 saturated heterocycles. The number of anilines is 1. The Kier molecular flexibility index (Phi) is 7.47. The van der Waals surface area contributed by atoms with E-state index in [0.29, 0.717) is 18.1 Å². The highest BCUT2D eigenvalue weighted by atomic mass is 79.9. The van der Waals surface area contributed by atoms with Crippen LogP contribution >= 0.6 is 15.9 Å². The summed E-state index contributed by atoms with van der Waals surface area (Å²) in [5, 5.41) is 4.22. The van der Waals surface area contributed by atoms with Crippen molar-refractivity contribution in [2.75, 3.05) is 19.1 Å². The Morgan fingerprint density at radius 1 is 1.27 bits per heavy atom. The van der Waals surface area contributed by atoms with Gasteiger partial charge in [-0.2, -0.15) is 5.10 Å². The maximum Gasteiger partial charge on any atom is 0.347 e. The maximum absolute atomic E-state index is 11.7. The molecule has 0 aliphatic heterocycles. The van der Waals surface area contributed by atoms with Gasteiger partial charge in [-0.3, -0.25) is 5.43 Å². The summed E-state index contributed by atoms with van der Waals surface area (Å²) in [6.45, 7) is 3.68. The van der Waals surface area contributed by atoms with Gasteiger partial charge in [-0.05, 0) is 54.0 Å². The van der Waals surface area contributed by atoms with Crippen LogP contribution in [0.1, 0.15) is 19.4 Å². The third-order valence-electron chi connectivity index (χ3n) is 3.38. The van der Waals surface area contributed by atoms with Gasteiger partial charge in [-0.1, -0.05) is 18.2 Å². The molecule has 0 aromatic heterocycles. The van der Waals surface area contributed by atoms with Gasteiger partial charge in [0.15, 0.2) is 17.6 Å². The molecule has 1 unspecified atom stereocenters. The minimum Gasteiger partial charge on any atom is -0.493 e. The van der Waals surface area contributed by atoms with Crippen molar-refractivity contribution in [3.05, 3.63) is 52.5 Å². The summed E-state index contributed by atoms with van der Waals surface area (Å²) in [6.07, 6.45) is 0.924. The smallest absolute Gasteiger partial charge is 0.347 e. The molecule has 2 aromatic carbocycles. The normalized spacial score (nSPS) is 11.8. The number of ether oxygens (including phenoxy) is 3. The minimum absolute atomic E-state index is 0.303. The van der Waals surface area contributed by atoms with Crippen LogP contribution in [0.3, 0.4) is 0 Å². The Morgan fingerprint density at radius 3 is 2.65 bits per heavy atom. The Hall–Kier alpha value is -2.54. The monoisotopic (exact) mass is 420 g/mol. The van der Waals surface area contributed by atoms with E-state index in [9.17, 15) is 4.79 Å². The van der Waals surface area contributed by atoms with Crippen molar-refractivity contribution in [1.82, 2.24) is 0 Å². The molecule has 0 fully saturated rings. The predicted octanol–water partition coefficient (Wildman–Crippen LogP) is 4.23. The van der Waals surface area contributed by atoms with Crippen LogP contribution in [0.15, 0.2) is 52.0 Å². The predicted molar refractivity (Wildman–Crippen MR) is 105 cm³/mol. The van der Waals surface area contributed by atoms with E-state index in [4.69, 9.17) is 14.2 Å². The Labute approximate surface area is 161 Å². The Balaban J connectivity index is 2.14. The average Bonchev–Trinajstić information content (AvgIpc) is 2.64. The van der Waals surface area contributed by atoms with Gasteiger partial charge in [0.25, 0.3) is 0 Å². The molecule has 1 atom stereocenters. The second-order valence-corrected chi connectivity index (χ2v) is 6.13. The molecular formula is C19H21BrN2O4. The van der Waals surface area contributed by atoms with Crippen molar-refractivity contribution < 1.29 is 19.0 Å². The van der Waals surface area contributed by atoms with E-state index in [0.717, 1.165) is 15.7 Å². The van der Waals surface area contributed by atoms with Crippen molar-refractivity contribution in [3.63, 3.8) is 0 Å². The zero-order chi connectivity index (χ0) is 18.9. The number of benzene rings is 2. The number of nitrogens with one attached hydrogen (secondary N) is 1. The van der Waals surface area contributed by atoms with Gasteiger partial charge in [0.1, 0.15) is 0 Å². The maximum atomic E-state index is 11.7. The Morgan fingerprint density at radius 2 is 2.00 bits per heavy atom. The van der Waals surface area contributed by atoms with Gasteiger partial charge in [-0.15, -0.1) is 0 Å². The summed E-state index contributed by atoms with van der Waals surface area (Å²) in [7, 11) is 1.54. The molecule has 0 aliphatic carbocycles. The van der Waals surface area contributed by atoms with Crippen LogP contribution in [0.2, 0.25) is 0 Å². The molecule has 6 nitrogen and oxygen atoms in total. The Bertz CT molecular complexity index is 766. The molecule has 138 valence electrons. The zero-order valence-electron chi connectivity index (χ0n) is 14.9. The van der Waals surface area contributed by atoms with Gasteiger partial charge >= 0.3 is 5.97 Å². The molecule has 2 rings (SSSR count). The average molecular weight is 421 g/mol. The molecule has 0 heterocycles. The summed E-state index contributed by atoms with van der Waals surface area (Å²) in [5.74, 6) is 0.502. The van der Waals surface area contributed by atoms with Crippen LogP contribution in [0.4, 0.5) is 5.69 Å². The van der Waals surface area contributed by atoms with E-state index in [1.165, 1.54) is 7.11 Å². The number of nitrogens with zero attached hydrogens (tertiary/aromatic N) is 1. The van der Waals surface area contributed by atoms with E-state index in [1.807, 2.05) is 30.3 Å². The van der Waals surface area contributed by atoms with Crippen LogP contribution < -0.4 is 14.9 Å². The molecule has 7 heteroatoms. The first-order valence-electron chi connectivity index (χ1n) is 8.10. The van der Waals surface area contributed by atoms with Crippen molar-refractivity contribution in [1.29, 1.82) is 0 Å². The molecule has 1 N–H and O–H groups in total. The third kappa shape index (κ3) is 5.49. The first-order valence-corrected chi connectivity index (χ1v) is 8.89. The highest BCUT2D eigenvalue weighted by Crippen LogP contribution is 2.33. The van der Waals surface area contributed by atoms with Crippen molar-refractivity contribution in [2.45, 2.75) is 20.0 Å². The lowest BCUT2D eigenvalue weighted by molar-refractivity contribution is -0.150. The number of para-hydroxylation sites is 1. The SMILES string of the molecule is CCOC(=O)C(C)Oc1cc(Br)c(C=NNc2ccccc2)cc1OC. The highest BCUT2D eigenvalue weighted by molar-refractivity contribution is 9.10. The number of rotatable bonds is 8. The summed E-state index contributed by atoms with van der Waals surface area (Å²) in [6, 6.07) is 13.1. The topological polar surface area (TPSA) is 69.2 Å². The third-order valence-corrected chi connectivity index (χ3v) is 4.06. The first-order chi connectivity index (χ1) is 12.5. The number of carbonyl (C=O) groups excluding carboxylic acids is 1. The molecule has 0 amide bonds. The lowest BCUT2D eigenvalue weighted by Crippen LogP contribution is -2.26. The number of halogens is 1. The fourth-order valence-electron chi connectivity index (χ4n) is 2.09. The lowest BCUT2D eigenvalue weighted by atomic mass is 10.2. The van der Waals surface area contributed by atoms with Gasteiger partial charge in [0.05, 0.1) is 25.6 Å². The number of hydrogen-bond acceptors (Lipinski definition) is 6. The lowest BCUT2D eigenvalue weighted by Gasteiger charge is -2.16. The zero-order valence-corrected chi connectivity index (χ0v) is 16.4. The van der Waals surface area contributed by atoms with E-state index >= 15 is 0 Å². The summed E-state index contributed by atoms with van der Waals surface area (Å²) in [5.41, 5.74) is 4.63. The number of methoxy groups -OCH3 is 1. The number of carbonyl (C=O) groups is 1. The second kappa shape index (κ2) is 9.82. The molecule has 0 aliphatic rings. The van der Waals surface area contributed by atoms with E-state index in [2.05, 4.69) is 26.5 Å². The number of hydrogen-bond donors (Lipinski definition) is 1. The van der Waals surface area contributed by atoms with Crippen LogP contribution in [-0.4, -0.2) is 32.0 Å². The molecular weight excluding hydrogens is 400 g/mol. The summed E-state index contributed by atoms with van der Waals surface area (Å²) in [4.78, 5) is 11.7. The van der Waals surface area contributed by atoms with E-state index in [1.54, 1.807) is 32.2 Å². The molecule has 0 saturated carbocycles. The van der Waals surface area contributed by atoms with Crippen molar-refractivity contribution in [3.8, 4) is 11.5 Å². The van der Waals surface area contributed by atoms with Crippen LogP contribution in [0.25, 0.3) is 0 Å². The van der Waals surface area contributed by atoms with Crippen LogP contribution in [0.5, 0.6) is 11.5 Å². The van der Waals surface area contributed by atoms with Crippen molar-refractivity contribution >= 4 is 33.8 Å². The molecule has 0 radical (unpaired) electrons. The minimum atomic E-state index is -0.741. The highest BCUT2D eigenvalue weighted by Gasteiger charge is 2.19. The molecule has 0 spiro atoms. The largest absolute Gasteiger partial charge is 0.493 e. The quantitative estimate of drug-likeness (QED) is 0.393. The molecule has 26 heavy (non-hydrogen) atoms. The first kappa shape index (κ1) is 19.8. The van der Waals surface area contributed by atoms with E-state index < -0.39 is 12.1 Å². The summed E-state index contributed by atoms with van der Waals surface area (Å²) >= 11 is 3.48. The number of esters is 1. The van der Waals surface area contributed by atoms with Gasteiger partial charge in [0, 0.05) is 10.0 Å². The summed E-state index contributed by atoms with van der Waals surface area (Å²) < 4.78 is 16.7. The fraction of sp³-hybridized carbons (Fsp3) is 0.263. The standard InChI is InChI=1S/C19H21BrN2O4/c1-4-25-19(23)13(2)26-18-11-16(20)14(10-17(18)24-3)12-21-22-15-8-6-5-7-9-15/h5-13,22H,4H2,1-3H3. The fourth-order valence-corrected chi connectivity index (χ4v) is 2.51. The van der Waals surface area contributed by atoms with Crippen LogP contribution in [0, 0.1) is 0 Å². The van der Waals surface area contributed by atoms with Crippen LogP contribution in [-0.2, 0) is 9.53 Å². The molecule has 2 aromatic rings. The van der Waals surface area contributed by atoms with Gasteiger partial charge < -0.3 is 14.2 Å². The second-order valence-electron chi connectivity index (χ2n) is 5.27. The number of hydrazone groups is 1. The van der Waals surface area contributed by atoms with Gasteiger partial charge in [0.2, 0.25) is 0 Å². The van der Waals surface area contributed by atoms with E-state index in [-0.39, 0.29) is 0 Å². The van der Waals surface area contributed by atoms with Gasteiger partial charge in [-0.25, -0.2) is 4.79 Å². The molecule has 0 bridgehead atoms.